The largest absolute Gasteiger partial charge is 2.00 e. The summed E-state index contributed by atoms with van der Waals surface area (Å²) < 4.78 is 0. The van der Waals surface area contributed by atoms with E-state index in [2.05, 4.69) is 167 Å². The third-order valence-electron chi connectivity index (χ3n) is 9.36. The topological polar surface area (TPSA) is 127 Å². The Morgan fingerprint density at radius 1 is 0.471 bits per heavy atom. The normalized spacial score (nSPS) is 13.3. The molecule has 0 aliphatic rings. The molecule has 51 heavy (non-hydrogen) atoms. The molecule has 2 N–H and O–H groups in total. The quantitative estimate of drug-likeness (QED) is 0.165. The van der Waals surface area contributed by atoms with Crippen LogP contribution in [0.3, 0.4) is 0 Å². The van der Waals surface area contributed by atoms with Crippen molar-refractivity contribution in [3.63, 3.8) is 0 Å². The zero-order valence-electron chi connectivity index (χ0n) is 32.7. The molecule has 0 spiro atoms. The molecule has 0 saturated carbocycles. The van der Waals surface area contributed by atoms with Crippen LogP contribution in [-0.4, -0.2) is 0 Å². The molecule has 0 fully saturated rings. The molecule has 4 aromatic rings. The number of hydrogen-bond acceptors (Lipinski definition) is 4. The van der Waals surface area contributed by atoms with Crippen LogP contribution in [0, 0.1) is 0 Å². The smallest absolute Gasteiger partial charge is 0.0520 e. The Labute approximate surface area is 322 Å². The fraction of sp³-hybridized carbons (Fsp3) is 0.455. The van der Waals surface area contributed by atoms with Crippen LogP contribution in [0.15, 0.2) is 84.9 Å². The van der Waals surface area contributed by atoms with Crippen LogP contribution in [0.25, 0.3) is 0 Å². The summed E-state index contributed by atoms with van der Waals surface area (Å²) in [5.74, 6) is 0.201. The summed E-state index contributed by atoms with van der Waals surface area (Å²) in [4.78, 5) is 0. The molecule has 7 heteroatoms. The van der Waals surface area contributed by atoms with E-state index in [1.807, 2.05) is 12.1 Å². The van der Waals surface area contributed by atoms with Crippen molar-refractivity contribution in [2.75, 3.05) is 0 Å². The molecule has 0 heterocycles. The van der Waals surface area contributed by atoms with E-state index in [-0.39, 0.29) is 77.3 Å². The molecule has 0 aliphatic heterocycles. The summed E-state index contributed by atoms with van der Waals surface area (Å²) in [5.41, 5.74) is 7.03. The maximum Gasteiger partial charge on any atom is 0.0520 e. The maximum absolute atomic E-state index is 14.0. The number of benzene rings is 4. The fourth-order valence-corrected chi connectivity index (χ4v) is 6.24. The molecule has 0 aliphatic carbocycles. The van der Waals surface area contributed by atoms with E-state index in [0.717, 1.165) is 44.5 Å². The van der Waals surface area contributed by atoms with Gasteiger partial charge in [0.15, 0.2) is 0 Å². The summed E-state index contributed by atoms with van der Waals surface area (Å²) in [6.07, 6.45) is 0. The van der Waals surface area contributed by atoms with Crippen molar-refractivity contribution in [3.05, 3.63) is 129 Å². The van der Waals surface area contributed by atoms with Crippen LogP contribution in [0.1, 0.15) is 140 Å². The molecule has 0 saturated heterocycles. The first-order chi connectivity index (χ1) is 22.2. The standard InChI is InChI=1S/C44H60N2O2.Mo.2O/c1-41(2,3)33-23-31(39(47)35(25-33)43(7,8)9)27-45-37(29-19-15-13-16-20-29)38(30-21-17-14-18-22-30)46-28-32-24-34(42(4,5)6)26-36(40(32)48)44(10,11)12;;;/h13-26,37-38,45-48H,27-28H2,1-12H3;;;/q;;2*-2/p-2/t37-,38-;;;/m1.../s1. The van der Waals surface area contributed by atoms with Crippen LogP contribution >= 0.6 is 0 Å². The molecule has 0 aromatic heterocycles. The number of hydrogen-bond donors (Lipinski definition) is 2. The van der Waals surface area contributed by atoms with Crippen molar-refractivity contribution in [1.82, 2.24) is 10.6 Å². The van der Waals surface area contributed by atoms with Gasteiger partial charge >= 0.3 is 0 Å². The van der Waals surface area contributed by atoms with Crippen molar-refractivity contribution < 1.29 is 42.2 Å². The predicted molar refractivity (Wildman–Crippen MR) is 200 cm³/mol. The molecular weight excluding hydrogens is 716 g/mol. The van der Waals surface area contributed by atoms with Gasteiger partial charge in [0.1, 0.15) is 0 Å². The summed E-state index contributed by atoms with van der Waals surface area (Å²) in [6, 6.07) is 28.8. The Bertz CT molecular complexity index is 1550. The van der Waals surface area contributed by atoms with Gasteiger partial charge in [0.05, 0.1) is 12.1 Å². The van der Waals surface area contributed by atoms with Gasteiger partial charge in [-0.1, -0.05) is 168 Å². The van der Waals surface area contributed by atoms with E-state index in [1.165, 1.54) is 0 Å². The first kappa shape index (κ1) is 46.0. The minimum atomic E-state index is -0.274. The molecule has 4 rings (SSSR count). The summed E-state index contributed by atoms with van der Waals surface area (Å²) in [5, 5.41) is 35.6. The van der Waals surface area contributed by atoms with Crippen molar-refractivity contribution in [1.29, 1.82) is 0 Å². The second kappa shape index (κ2) is 17.7. The van der Waals surface area contributed by atoms with Crippen LogP contribution < -0.4 is 20.8 Å². The summed E-state index contributed by atoms with van der Waals surface area (Å²) in [6.45, 7) is 26.7. The van der Waals surface area contributed by atoms with Crippen LogP contribution in [0.4, 0.5) is 0 Å². The zero-order valence-corrected chi connectivity index (χ0v) is 34.7. The van der Waals surface area contributed by atoms with Crippen molar-refractivity contribution in [2.24, 2.45) is 0 Å². The molecule has 0 bridgehead atoms. The Morgan fingerprint density at radius 3 is 1.02 bits per heavy atom. The van der Waals surface area contributed by atoms with Gasteiger partial charge < -0.3 is 31.8 Å². The first-order valence-corrected chi connectivity index (χ1v) is 17.4. The van der Waals surface area contributed by atoms with Gasteiger partial charge in [-0.05, 0) is 66.2 Å². The Morgan fingerprint density at radius 2 is 0.765 bits per heavy atom. The number of rotatable bonds is 9. The molecular formula is C44H58MoN2O4-6. The second-order valence-electron chi connectivity index (χ2n) is 17.6. The Kier molecular flexibility index (Phi) is 16.0. The summed E-state index contributed by atoms with van der Waals surface area (Å²) >= 11 is 0. The molecule has 0 amide bonds. The zero-order chi connectivity index (χ0) is 35.7. The molecule has 2 atom stereocenters. The van der Waals surface area contributed by atoms with Gasteiger partial charge in [-0.25, -0.2) is 0 Å². The van der Waals surface area contributed by atoms with E-state index in [4.69, 9.17) is 0 Å². The maximum atomic E-state index is 14.0. The average Bonchev–Trinajstić information content (AvgIpc) is 2.98. The number of nitrogens with one attached hydrogen (secondary N) is 2. The van der Waals surface area contributed by atoms with Gasteiger partial charge in [-0.2, -0.15) is 0 Å². The molecule has 280 valence electrons. The Balaban J connectivity index is 0.00000433. The SMILES string of the molecule is CC(C)(C)c1cc(CN[C@H](c2ccccc2)[C@H](NCc2cc(C(C)(C)C)cc(C(C)(C)C)c2[O-])c2ccccc2)c([O-])c(C(C)(C)C)c1.[Mo].[O-2].[O-2]. The monoisotopic (exact) mass is 776 g/mol. The average molecular weight is 775 g/mol. The van der Waals surface area contributed by atoms with Gasteiger partial charge in [-0.3, -0.25) is 0 Å². The van der Waals surface area contributed by atoms with E-state index in [1.54, 1.807) is 0 Å². The van der Waals surface area contributed by atoms with E-state index < -0.39 is 0 Å². The van der Waals surface area contributed by atoms with Crippen molar-refractivity contribution in [3.8, 4) is 11.5 Å². The van der Waals surface area contributed by atoms with Gasteiger partial charge in [0.25, 0.3) is 0 Å². The Hall–Kier alpha value is -2.99. The van der Waals surface area contributed by atoms with Gasteiger partial charge in [0, 0.05) is 34.2 Å². The third kappa shape index (κ3) is 11.5. The molecule has 6 nitrogen and oxygen atoms in total. The van der Waals surface area contributed by atoms with E-state index in [0.29, 0.717) is 13.1 Å². The second-order valence-corrected chi connectivity index (χ2v) is 17.6. The van der Waals surface area contributed by atoms with E-state index >= 15 is 0 Å². The first-order valence-electron chi connectivity index (χ1n) is 17.4. The van der Waals surface area contributed by atoms with Crippen LogP contribution in [-0.2, 0) is 66.8 Å². The van der Waals surface area contributed by atoms with Gasteiger partial charge in [-0.15, -0.1) is 11.5 Å². The molecule has 0 unspecified atom stereocenters. The molecule has 0 radical (unpaired) electrons. The summed E-state index contributed by atoms with van der Waals surface area (Å²) in [7, 11) is 0. The van der Waals surface area contributed by atoms with Gasteiger partial charge in [0.2, 0.25) is 0 Å². The minimum absolute atomic E-state index is 0. The van der Waals surface area contributed by atoms with Crippen molar-refractivity contribution in [2.45, 2.75) is 130 Å². The fourth-order valence-electron chi connectivity index (χ4n) is 6.24. The van der Waals surface area contributed by atoms with Crippen LogP contribution in [0.5, 0.6) is 11.5 Å². The van der Waals surface area contributed by atoms with Crippen molar-refractivity contribution >= 4 is 0 Å². The predicted octanol–water partition coefficient (Wildman–Crippen LogP) is 9.15. The van der Waals surface area contributed by atoms with Crippen LogP contribution in [0.2, 0.25) is 0 Å². The third-order valence-corrected chi connectivity index (χ3v) is 9.36. The molecule has 4 aromatic carbocycles. The van der Waals surface area contributed by atoms with E-state index in [9.17, 15) is 10.2 Å². The minimum Gasteiger partial charge on any atom is -2.00 e.